The SMILES string of the molecule is CCCCCCCCCCCCCCCC/C=C/[C@@H]1CC(=O)N(c2ccc(Cl)c(N=C3CC(=O)N(c4c(Cl)cc(Cl)cc4Cl)N3)c2)C1=O. The number of anilines is 2. The van der Waals surface area contributed by atoms with Crippen LogP contribution in [-0.2, 0) is 14.4 Å². The van der Waals surface area contributed by atoms with Gasteiger partial charge in [-0.05, 0) is 43.2 Å². The van der Waals surface area contributed by atoms with Crippen LogP contribution in [-0.4, -0.2) is 23.6 Å². The molecule has 2 fully saturated rings. The van der Waals surface area contributed by atoms with Gasteiger partial charge < -0.3 is 0 Å². The standard InChI is InChI=1S/C37H46Cl4N4O3/c1-2-3-4-5-6-7-8-9-10-11-12-13-14-15-16-17-18-26-21-34(46)44(37(26)48)28-19-20-29(39)32(24-28)42-33-25-35(47)45(43-33)36-30(40)22-27(38)23-31(36)41/h17-20,22-24,26H,2-16,21,25H2,1H3,(H,42,43)/b18-17+/t26-/m1/s1. The van der Waals surface area contributed by atoms with Crippen molar-refractivity contribution in [2.45, 2.75) is 116 Å². The summed E-state index contributed by atoms with van der Waals surface area (Å²) in [5.41, 5.74) is 3.86. The number of rotatable bonds is 19. The summed E-state index contributed by atoms with van der Waals surface area (Å²) in [6, 6.07) is 7.75. The minimum Gasteiger partial charge on any atom is -0.277 e. The Morgan fingerprint density at radius 1 is 0.771 bits per heavy atom. The third kappa shape index (κ3) is 11.0. The van der Waals surface area contributed by atoms with Gasteiger partial charge in [-0.2, -0.15) is 0 Å². The summed E-state index contributed by atoms with van der Waals surface area (Å²) in [6.45, 7) is 2.26. The molecule has 260 valence electrons. The molecule has 0 spiro atoms. The van der Waals surface area contributed by atoms with Crippen LogP contribution in [0, 0.1) is 5.92 Å². The van der Waals surface area contributed by atoms with Gasteiger partial charge in [-0.1, -0.05) is 149 Å². The van der Waals surface area contributed by atoms with Crippen molar-refractivity contribution in [2.75, 3.05) is 9.91 Å². The van der Waals surface area contributed by atoms with Crippen LogP contribution >= 0.6 is 46.4 Å². The second-order valence-corrected chi connectivity index (χ2v) is 14.3. The van der Waals surface area contributed by atoms with E-state index in [1.807, 2.05) is 12.2 Å². The van der Waals surface area contributed by atoms with Crippen LogP contribution in [0.3, 0.4) is 0 Å². The maximum atomic E-state index is 13.3. The van der Waals surface area contributed by atoms with E-state index in [0.717, 1.165) is 12.8 Å². The molecule has 11 heteroatoms. The highest BCUT2D eigenvalue weighted by Crippen LogP contribution is 2.38. The van der Waals surface area contributed by atoms with Gasteiger partial charge >= 0.3 is 0 Å². The minimum atomic E-state index is -0.494. The molecule has 2 heterocycles. The zero-order valence-corrected chi connectivity index (χ0v) is 30.7. The molecule has 0 radical (unpaired) electrons. The van der Waals surface area contributed by atoms with Crippen molar-refractivity contribution in [3.63, 3.8) is 0 Å². The number of allylic oxidation sites excluding steroid dienone is 1. The maximum Gasteiger partial charge on any atom is 0.253 e. The molecule has 2 saturated heterocycles. The second kappa shape index (κ2) is 19.6. The van der Waals surface area contributed by atoms with E-state index >= 15 is 0 Å². The summed E-state index contributed by atoms with van der Waals surface area (Å²) in [4.78, 5) is 44.7. The first-order chi connectivity index (χ1) is 23.2. The van der Waals surface area contributed by atoms with Crippen molar-refractivity contribution >= 4 is 87.0 Å². The van der Waals surface area contributed by atoms with Crippen molar-refractivity contribution in [1.29, 1.82) is 0 Å². The Bertz CT molecular complexity index is 1470. The van der Waals surface area contributed by atoms with E-state index in [9.17, 15) is 14.4 Å². The molecule has 0 bridgehead atoms. The number of imide groups is 1. The lowest BCUT2D eigenvalue weighted by Crippen LogP contribution is -2.36. The van der Waals surface area contributed by atoms with Gasteiger partial charge in [0.1, 0.15) is 11.5 Å². The van der Waals surface area contributed by atoms with E-state index in [0.29, 0.717) is 27.3 Å². The fraction of sp³-hybridized carbons (Fsp3) is 0.514. The van der Waals surface area contributed by atoms with Crippen LogP contribution in [0.1, 0.15) is 116 Å². The molecule has 2 aliphatic heterocycles. The van der Waals surface area contributed by atoms with Crippen LogP contribution in [0.2, 0.25) is 20.1 Å². The number of hydrazine groups is 1. The van der Waals surface area contributed by atoms with E-state index in [1.54, 1.807) is 18.2 Å². The molecule has 1 atom stereocenters. The highest BCUT2D eigenvalue weighted by molar-refractivity contribution is 6.42. The summed E-state index contributed by atoms with van der Waals surface area (Å²) in [7, 11) is 0. The number of amides is 3. The van der Waals surface area contributed by atoms with Crippen LogP contribution in [0.4, 0.5) is 17.1 Å². The number of carbonyl (C=O) groups excluding carboxylic acids is 3. The van der Waals surface area contributed by atoms with Crippen LogP contribution < -0.4 is 15.3 Å². The largest absolute Gasteiger partial charge is 0.277 e. The fourth-order valence-corrected chi connectivity index (χ4v) is 7.26. The number of amidine groups is 1. The van der Waals surface area contributed by atoms with E-state index in [2.05, 4.69) is 17.3 Å². The zero-order valence-electron chi connectivity index (χ0n) is 27.7. The highest BCUT2D eigenvalue weighted by atomic mass is 35.5. The average molecular weight is 737 g/mol. The summed E-state index contributed by atoms with van der Waals surface area (Å²) in [5, 5.41) is 2.24. The number of nitrogens with one attached hydrogen (secondary N) is 1. The van der Waals surface area contributed by atoms with Gasteiger partial charge in [0.15, 0.2) is 0 Å². The lowest BCUT2D eigenvalue weighted by atomic mass is 10.0. The second-order valence-electron chi connectivity index (χ2n) is 12.6. The number of aliphatic imine (C=N–C) groups is 1. The predicted molar refractivity (Wildman–Crippen MR) is 200 cm³/mol. The topological polar surface area (TPSA) is 82.1 Å². The molecule has 7 nitrogen and oxygen atoms in total. The first kappa shape index (κ1) is 38.2. The monoisotopic (exact) mass is 734 g/mol. The van der Waals surface area contributed by atoms with Gasteiger partial charge in [-0.15, -0.1) is 0 Å². The molecule has 48 heavy (non-hydrogen) atoms. The lowest BCUT2D eigenvalue weighted by Gasteiger charge is -2.19. The van der Waals surface area contributed by atoms with E-state index in [4.69, 9.17) is 46.4 Å². The van der Waals surface area contributed by atoms with Crippen LogP contribution in [0.15, 0.2) is 47.5 Å². The third-order valence-corrected chi connectivity index (χ3v) is 9.85. The predicted octanol–water partition coefficient (Wildman–Crippen LogP) is 11.6. The van der Waals surface area contributed by atoms with E-state index in [-0.39, 0.29) is 46.3 Å². The van der Waals surface area contributed by atoms with E-state index < -0.39 is 5.92 Å². The van der Waals surface area contributed by atoms with Crippen molar-refractivity contribution in [3.05, 3.63) is 62.6 Å². The summed E-state index contributed by atoms with van der Waals surface area (Å²) in [5.74, 6) is -1.08. The van der Waals surface area contributed by atoms with Crippen molar-refractivity contribution in [2.24, 2.45) is 10.9 Å². The molecule has 0 unspecified atom stereocenters. The molecular formula is C37H46Cl4N4O3. The van der Waals surface area contributed by atoms with Gasteiger partial charge in [-0.25, -0.2) is 14.9 Å². The van der Waals surface area contributed by atoms with E-state index in [1.165, 1.54) is 106 Å². The number of nitrogens with zero attached hydrogens (tertiary/aromatic N) is 3. The molecule has 0 saturated carbocycles. The van der Waals surface area contributed by atoms with Crippen LogP contribution in [0.5, 0.6) is 0 Å². The number of benzene rings is 2. The zero-order chi connectivity index (χ0) is 34.5. The summed E-state index contributed by atoms with van der Waals surface area (Å²) >= 11 is 25.1. The average Bonchev–Trinajstić information content (AvgIpc) is 3.54. The Hall–Kier alpha value is -2.58. The quantitative estimate of drug-likeness (QED) is 0.0884. The molecule has 2 aromatic carbocycles. The molecule has 2 aliphatic rings. The molecule has 0 aliphatic carbocycles. The Labute approximate surface area is 305 Å². The highest BCUT2D eigenvalue weighted by Gasteiger charge is 2.38. The Morgan fingerprint density at radius 2 is 1.35 bits per heavy atom. The summed E-state index contributed by atoms with van der Waals surface area (Å²) in [6.07, 6.45) is 23.3. The number of halogens is 4. The molecule has 4 rings (SSSR count). The lowest BCUT2D eigenvalue weighted by molar-refractivity contribution is -0.122. The van der Waals surface area contributed by atoms with Gasteiger partial charge in [0.2, 0.25) is 11.8 Å². The van der Waals surface area contributed by atoms with Gasteiger partial charge in [0.25, 0.3) is 5.91 Å². The maximum absolute atomic E-state index is 13.3. The first-order valence-electron chi connectivity index (χ1n) is 17.3. The third-order valence-electron chi connectivity index (χ3n) is 8.73. The molecule has 1 N–H and O–H groups in total. The van der Waals surface area contributed by atoms with Crippen molar-refractivity contribution < 1.29 is 14.4 Å². The van der Waals surface area contributed by atoms with Gasteiger partial charge in [-0.3, -0.25) is 19.8 Å². The molecule has 0 aromatic heterocycles. The first-order valence-corrected chi connectivity index (χ1v) is 18.9. The fourth-order valence-electron chi connectivity index (χ4n) is 6.11. The number of hydrogen-bond acceptors (Lipinski definition) is 4. The Kier molecular flexibility index (Phi) is 15.6. The Morgan fingerprint density at radius 3 is 1.96 bits per heavy atom. The number of carbonyl (C=O) groups is 3. The molecule has 2 aromatic rings. The number of hydrogen-bond donors (Lipinski definition) is 1. The minimum absolute atomic E-state index is 0.0659. The molecular weight excluding hydrogens is 690 g/mol. The smallest absolute Gasteiger partial charge is 0.253 e. The summed E-state index contributed by atoms with van der Waals surface area (Å²) < 4.78 is 0. The molecule has 3 amide bonds. The number of unbranched alkanes of at least 4 members (excludes halogenated alkanes) is 14. The van der Waals surface area contributed by atoms with Crippen molar-refractivity contribution in [1.82, 2.24) is 5.43 Å². The van der Waals surface area contributed by atoms with Crippen molar-refractivity contribution in [3.8, 4) is 0 Å². The van der Waals surface area contributed by atoms with Gasteiger partial charge in [0, 0.05) is 11.4 Å². The normalized spacial score (nSPS) is 17.5. The van der Waals surface area contributed by atoms with Crippen LogP contribution in [0.25, 0.3) is 0 Å². The Balaban J connectivity index is 1.22. The van der Waals surface area contributed by atoms with Gasteiger partial charge in [0.05, 0.1) is 38.8 Å².